The van der Waals surface area contributed by atoms with Crippen LogP contribution in [-0.2, 0) is 4.79 Å². The highest BCUT2D eigenvalue weighted by Crippen LogP contribution is 2.27. The number of piperidine rings is 1. The number of benzene rings is 1. The van der Waals surface area contributed by atoms with Gasteiger partial charge >= 0.3 is 0 Å². The summed E-state index contributed by atoms with van der Waals surface area (Å²) in [5.41, 5.74) is 1.57. The lowest BCUT2D eigenvalue weighted by Crippen LogP contribution is -2.47. The number of aryl methyl sites for hydroxylation is 1. The maximum atomic E-state index is 12.8. The van der Waals surface area contributed by atoms with E-state index >= 15 is 0 Å². The van der Waals surface area contributed by atoms with Gasteiger partial charge in [-0.05, 0) is 37.6 Å². The van der Waals surface area contributed by atoms with Gasteiger partial charge in [0.1, 0.15) is 11.5 Å². The molecule has 5 nitrogen and oxygen atoms in total. The van der Waals surface area contributed by atoms with Crippen molar-refractivity contribution in [2.75, 3.05) is 13.1 Å². The van der Waals surface area contributed by atoms with E-state index in [4.69, 9.17) is 4.42 Å². The molecule has 0 unspecified atom stereocenters. The Kier molecular flexibility index (Phi) is 3.63. The lowest BCUT2D eigenvalue weighted by atomic mass is 9.92. The smallest absolute Gasteiger partial charge is 0.253 e. The van der Waals surface area contributed by atoms with Gasteiger partial charge in [0.15, 0.2) is 0 Å². The summed E-state index contributed by atoms with van der Waals surface area (Å²) in [6, 6.07) is 11.6. The lowest BCUT2D eigenvalue weighted by Gasteiger charge is -2.34. The van der Waals surface area contributed by atoms with Crippen molar-refractivity contribution in [3.63, 3.8) is 0 Å². The zero-order valence-corrected chi connectivity index (χ0v) is 13.6. The second kappa shape index (κ2) is 5.82. The van der Waals surface area contributed by atoms with Crippen molar-refractivity contribution >= 4 is 11.8 Å². The van der Waals surface area contributed by atoms with E-state index in [2.05, 4.69) is 5.32 Å². The maximum absolute atomic E-state index is 12.8. The second-order valence-electron chi connectivity index (χ2n) is 6.67. The molecule has 0 bridgehead atoms. The molecule has 124 valence electrons. The molecule has 2 fully saturated rings. The molecular weight excluding hydrogens is 304 g/mol. The van der Waals surface area contributed by atoms with E-state index in [1.165, 1.54) is 0 Å². The first-order valence-electron chi connectivity index (χ1n) is 8.35. The second-order valence-corrected chi connectivity index (χ2v) is 6.67. The van der Waals surface area contributed by atoms with Crippen molar-refractivity contribution in [1.82, 2.24) is 10.2 Å². The third kappa shape index (κ3) is 2.70. The molecule has 4 rings (SSSR count). The van der Waals surface area contributed by atoms with Crippen LogP contribution in [0.3, 0.4) is 0 Å². The van der Waals surface area contributed by atoms with Crippen LogP contribution in [0.1, 0.15) is 29.0 Å². The first-order chi connectivity index (χ1) is 11.6. The monoisotopic (exact) mass is 324 g/mol. The number of fused-ring (bicyclic) bond motifs is 1. The van der Waals surface area contributed by atoms with E-state index < -0.39 is 0 Å². The topological polar surface area (TPSA) is 62.6 Å². The minimum atomic E-state index is 0.0259. The molecule has 0 radical (unpaired) electrons. The Morgan fingerprint density at radius 3 is 2.96 bits per heavy atom. The fourth-order valence-corrected chi connectivity index (χ4v) is 3.70. The normalized spacial score (nSPS) is 23.0. The van der Waals surface area contributed by atoms with E-state index in [9.17, 15) is 9.59 Å². The molecule has 0 saturated carbocycles. The van der Waals surface area contributed by atoms with Gasteiger partial charge in [-0.1, -0.05) is 12.1 Å². The Morgan fingerprint density at radius 1 is 1.29 bits per heavy atom. The van der Waals surface area contributed by atoms with Crippen LogP contribution < -0.4 is 5.32 Å². The number of hydrogen-bond acceptors (Lipinski definition) is 3. The average molecular weight is 324 g/mol. The molecule has 1 N–H and O–H groups in total. The Morgan fingerprint density at radius 2 is 2.17 bits per heavy atom. The number of hydrogen-bond donors (Lipinski definition) is 1. The Bertz CT molecular complexity index is 795. The first kappa shape index (κ1) is 15.0. The van der Waals surface area contributed by atoms with Crippen LogP contribution in [0.5, 0.6) is 0 Å². The molecule has 2 aromatic rings. The zero-order chi connectivity index (χ0) is 16.7. The third-order valence-corrected chi connectivity index (χ3v) is 4.95. The molecule has 2 aliphatic heterocycles. The summed E-state index contributed by atoms with van der Waals surface area (Å²) < 4.78 is 5.65. The molecule has 3 heterocycles. The third-order valence-electron chi connectivity index (χ3n) is 4.95. The molecular formula is C19H20N2O3. The highest BCUT2D eigenvalue weighted by molar-refractivity contribution is 5.95. The number of likely N-dealkylation sites (tertiary alicyclic amines) is 1. The Labute approximate surface area is 140 Å². The van der Waals surface area contributed by atoms with Crippen molar-refractivity contribution in [3.8, 4) is 11.3 Å². The number of nitrogens with one attached hydrogen (secondary N) is 1. The van der Waals surface area contributed by atoms with Gasteiger partial charge in [0, 0.05) is 42.6 Å². The fourth-order valence-electron chi connectivity index (χ4n) is 3.70. The minimum absolute atomic E-state index is 0.0259. The summed E-state index contributed by atoms with van der Waals surface area (Å²) in [5, 5.41) is 3.00. The van der Waals surface area contributed by atoms with Crippen LogP contribution in [0.15, 0.2) is 40.8 Å². The van der Waals surface area contributed by atoms with E-state index in [1.54, 1.807) is 0 Å². The molecule has 1 aromatic carbocycles. The molecule has 5 heteroatoms. The molecule has 0 spiro atoms. The number of carbonyl (C=O) groups is 2. The number of amides is 2. The van der Waals surface area contributed by atoms with Crippen LogP contribution in [0, 0.1) is 12.8 Å². The predicted octanol–water partition coefficient (Wildman–Crippen LogP) is 2.61. The van der Waals surface area contributed by atoms with Crippen LogP contribution >= 0.6 is 0 Å². The van der Waals surface area contributed by atoms with Crippen molar-refractivity contribution < 1.29 is 14.0 Å². The zero-order valence-electron chi connectivity index (χ0n) is 13.6. The van der Waals surface area contributed by atoms with E-state index in [1.807, 2.05) is 48.2 Å². The van der Waals surface area contributed by atoms with Gasteiger partial charge in [-0.2, -0.15) is 0 Å². The fraction of sp³-hybridized carbons (Fsp3) is 0.368. The van der Waals surface area contributed by atoms with Crippen LogP contribution in [0.25, 0.3) is 11.3 Å². The van der Waals surface area contributed by atoms with Gasteiger partial charge in [-0.3, -0.25) is 9.59 Å². The van der Waals surface area contributed by atoms with Crippen molar-refractivity contribution in [2.45, 2.75) is 25.8 Å². The average Bonchev–Trinajstić information content (AvgIpc) is 3.18. The Hall–Kier alpha value is -2.56. The SMILES string of the molecule is Cc1ccc(-c2cccc(C(=O)N3CC[C@@H]4NC(=O)C[C@@H]4C3)c2)o1. The van der Waals surface area contributed by atoms with Gasteiger partial charge in [0.2, 0.25) is 5.91 Å². The van der Waals surface area contributed by atoms with Crippen LogP contribution in [0.2, 0.25) is 0 Å². The highest BCUT2D eigenvalue weighted by Gasteiger charge is 2.38. The summed E-state index contributed by atoms with van der Waals surface area (Å²) in [7, 11) is 0. The lowest BCUT2D eigenvalue weighted by molar-refractivity contribution is -0.119. The van der Waals surface area contributed by atoms with Gasteiger partial charge in [-0.15, -0.1) is 0 Å². The van der Waals surface area contributed by atoms with Crippen LogP contribution in [-0.4, -0.2) is 35.8 Å². The standard InChI is InChI=1S/C19H20N2O3/c1-12-5-6-17(24-12)13-3-2-4-14(9-13)19(23)21-8-7-16-15(11-21)10-18(22)20-16/h2-6,9,15-16H,7-8,10-11H2,1H3,(H,20,22)/t15-,16+/m1/s1. The van der Waals surface area contributed by atoms with Gasteiger partial charge in [0.25, 0.3) is 5.91 Å². The summed E-state index contributed by atoms with van der Waals surface area (Å²) in [6.45, 7) is 3.23. The highest BCUT2D eigenvalue weighted by atomic mass is 16.3. The summed E-state index contributed by atoms with van der Waals surface area (Å²) in [6.07, 6.45) is 1.36. The van der Waals surface area contributed by atoms with Gasteiger partial charge in [0.05, 0.1) is 0 Å². The number of rotatable bonds is 2. The molecule has 2 saturated heterocycles. The predicted molar refractivity (Wildman–Crippen MR) is 89.4 cm³/mol. The quantitative estimate of drug-likeness (QED) is 0.923. The molecule has 1 aromatic heterocycles. The number of nitrogens with zero attached hydrogens (tertiary/aromatic N) is 1. The molecule has 0 aliphatic carbocycles. The van der Waals surface area contributed by atoms with Gasteiger partial charge < -0.3 is 14.6 Å². The maximum Gasteiger partial charge on any atom is 0.253 e. The van der Waals surface area contributed by atoms with Gasteiger partial charge in [-0.25, -0.2) is 0 Å². The molecule has 24 heavy (non-hydrogen) atoms. The summed E-state index contributed by atoms with van der Waals surface area (Å²) in [4.78, 5) is 26.3. The Balaban J connectivity index is 1.53. The summed E-state index contributed by atoms with van der Waals surface area (Å²) >= 11 is 0. The van der Waals surface area contributed by atoms with Crippen molar-refractivity contribution in [1.29, 1.82) is 0 Å². The van der Waals surface area contributed by atoms with Crippen molar-refractivity contribution in [2.24, 2.45) is 5.92 Å². The minimum Gasteiger partial charge on any atom is -0.461 e. The largest absolute Gasteiger partial charge is 0.461 e. The number of carbonyl (C=O) groups excluding carboxylic acids is 2. The molecule has 2 atom stereocenters. The van der Waals surface area contributed by atoms with Crippen molar-refractivity contribution in [3.05, 3.63) is 47.7 Å². The molecule has 2 amide bonds. The van der Waals surface area contributed by atoms with Crippen LogP contribution in [0.4, 0.5) is 0 Å². The van der Waals surface area contributed by atoms with E-state index in [-0.39, 0.29) is 23.8 Å². The number of furan rings is 1. The summed E-state index contributed by atoms with van der Waals surface area (Å²) in [5.74, 6) is 1.99. The first-order valence-corrected chi connectivity index (χ1v) is 8.35. The van der Waals surface area contributed by atoms with E-state index in [0.29, 0.717) is 25.1 Å². The van der Waals surface area contributed by atoms with E-state index in [0.717, 1.165) is 23.5 Å². The molecule has 2 aliphatic rings.